The van der Waals surface area contributed by atoms with Gasteiger partial charge in [-0.05, 0) is 319 Å². The summed E-state index contributed by atoms with van der Waals surface area (Å²) in [5, 5.41) is 2.62. The van der Waals surface area contributed by atoms with Crippen LogP contribution in [-0.2, 0) is 84.4 Å². The van der Waals surface area contributed by atoms with E-state index in [-0.39, 0.29) is 89.1 Å². The number of hydrogen-bond donors (Lipinski definition) is 0. The van der Waals surface area contributed by atoms with Gasteiger partial charge < -0.3 is 84.4 Å². The summed E-state index contributed by atoms with van der Waals surface area (Å²) in [6.07, 6.45) is 34.7. The van der Waals surface area contributed by atoms with Crippen LogP contribution < -0.4 is 5.19 Å². The Kier molecular flexibility index (Phi) is 86.8. The van der Waals surface area contributed by atoms with E-state index in [2.05, 4.69) is 276 Å². The van der Waals surface area contributed by atoms with Crippen LogP contribution in [0.1, 0.15) is 305 Å². The number of fused-ring (bicyclic) bond motifs is 5. The molecule has 0 amide bonds. The van der Waals surface area contributed by atoms with E-state index in [0.29, 0.717) is 80.3 Å². The number of ether oxygens (including phenoxy) is 1. The molecule has 7 aliphatic carbocycles. The van der Waals surface area contributed by atoms with Gasteiger partial charge in [0.25, 0.3) is 0 Å². The largest absolute Gasteiger partial charge is 0.418 e. The Balaban J connectivity index is -0.000000205. The fraction of sp³-hybridized carbons (Fsp3) is 0.852. The first-order chi connectivity index (χ1) is 60.1. The average molecular weight is 2180 g/mol. The molecule has 19 nitrogen and oxygen atoms in total. The summed E-state index contributed by atoms with van der Waals surface area (Å²) >= 11 is 0. The van der Waals surface area contributed by atoms with Crippen LogP contribution >= 0.6 is 0 Å². The second-order valence-corrected chi connectivity index (χ2v) is 88.0. The van der Waals surface area contributed by atoms with Crippen LogP contribution in [0.3, 0.4) is 0 Å². The van der Waals surface area contributed by atoms with E-state index >= 15 is 0 Å². The molecule has 9 atom stereocenters. The van der Waals surface area contributed by atoms with E-state index in [9.17, 15) is 0 Å². The zero-order valence-electron chi connectivity index (χ0n) is 87.3. The molecule has 0 spiro atoms. The highest BCUT2D eigenvalue weighted by molar-refractivity contribution is 6.95. The van der Waals surface area contributed by atoms with Crippen molar-refractivity contribution in [3.63, 3.8) is 0 Å². The summed E-state index contributed by atoms with van der Waals surface area (Å²) < 4.78 is 118. The van der Waals surface area contributed by atoms with E-state index in [1.807, 2.05) is 19.9 Å². The summed E-state index contributed by atoms with van der Waals surface area (Å²) in [5.41, 5.74) is 9.29. The fourth-order valence-corrected chi connectivity index (χ4v) is 82.9. The predicted molar refractivity (Wildman–Crippen MR) is 640 cm³/mol. The van der Waals surface area contributed by atoms with Crippen molar-refractivity contribution in [3.05, 3.63) is 89.7 Å². The van der Waals surface area contributed by atoms with Crippen LogP contribution in [0.25, 0.3) is 0 Å². The molecule has 4 saturated carbocycles. The Morgan fingerprint density at radius 1 is 0.317 bits per heavy atom. The Bertz CT molecular complexity index is 3250. The van der Waals surface area contributed by atoms with Gasteiger partial charge in [-0.15, -0.1) is 0 Å². The SMILES string of the molecule is C.C.C.C.C.C.C.C.C.C.C.C.CCO[Si](C)(C)C[Si](CCC1CCC2OC2C1)(OCC)OCC.CCO[Si](C)(C)C[Si](OCC)(OCC)C1=CC=C(C(C)C)CC1.CCO[Si](C)(C)C[Si](OCC)(OCC)C1C=CC=C1.CCO[Si](C)(C)C[Si](OCC)(OCC)C1CC2C=CC1C2.CCO[Si](C)(C)C[Si](OCC)(OCC)C1CC2CCC1C2.CCO[Si](C)(C)C[Si](OCC)(OCC)c1ccccc1. The van der Waals surface area contributed by atoms with Crippen molar-refractivity contribution in [2.75, 3.05) is 119 Å². The molecule has 0 aromatic heterocycles. The minimum atomic E-state index is -2.41. The number of hydrogen-bond acceptors (Lipinski definition) is 19. The predicted octanol–water partition coefficient (Wildman–Crippen LogP) is 32.7. The highest BCUT2D eigenvalue weighted by atomic mass is 28.4. The lowest BCUT2D eigenvalue weighted by Crippen LogP contribution is -2.59. The molecule has 1 aliphatic heterocycles. The molecule has 31 heteroatoms. The van der Waals surface area contributed by atoms with Gasteiger partial charge in [0.05, 0.1) is 12.2 Å². The van der Waals surface area contributed by atoms with Gasteiger partial charge in [0.2, 0.25) is 0 Å². The molecule has 9 rings (SSSR count). The highest BCUT2D eigenvalue weighted by Gasteiger charge is 2.60. The molecule has 9 unspecified atom stereocenters. The van der Waals surface area contributed by atoms with Crippen LogP contribution in [0.15, 0.2) is 89.7 Å². The number of allylic oxidation sites excluding steroid dienone is 10. The maximum Gasteiger partial charge on any atom is 0.372 e. The van der Waals surface area contributed by atoms with Crippen molar-refractivity contribution >= 4 is 106 Å². The second-order valence-electron chi connectivity index (χ2n) is 39.6. The topological polar surface area (TPSA) is 179 Å². The summed E-state index contributed by atoms with van der Waals surface area (Å²) in [6, 6.07) is 11.5. The van der Waals surface area contributed by atoms with E-state index in [1.54, 1.807) is 0 Å². The lowest BCUT2D eigenvalue weighted by atomic mass is 9.88. The minimum Gasteiger partial charge on any atom is -0.418 e. The molecule has 1 aromatic carbocycles. The average Bonchev–Trinajstić information content (AvgIpc) is 1.64. The standard InChI is InChI=1S/C18H36O3Si2.C17H36O4Si2.C16H34O3Si2.C16H32O3Si2.C15H28O3Si2.C14H28O3Si2.12CH4/c1-8-19-22(6,7)15-23(20-9-2,21-10-3)18-13-11-17(12-14-18)16(4)5;1-6-18-22(4,5)14-23(19-7-2,20-8-3)12-11-15-9-10-16-17(13-15)21-16;2*1-6-17-20(4,5)13-21(18-7-2,19-8-3)16-12-14-9-10-15(16)11-14;1-6-16-19(4,5)14-20(17-7-2,18-8-3)15-12-10-9-11-13-15;1-6-15-18(4,5)13-19(16-7-2,17-8-3)14-11-9-10-12-14;;;;;;;;;;;;/h11,13,16H,8-10,12,14-15H2,1-7H3;15-17H,6-14H2,1-5H3;14-16H,6-13H2,1-5H3;9-10,14-16H,6-8,11-13H2,1-5H3;9-13H,6-8,14H2,1-5H3;9-12,14H,6-8,13H2,1-5H3;12*1H4. The van der Waals surface area contributed by atoms with Crippen molar-refractivity contribution in [1.29, 1.82) is 0 Å². The smallest absolute Gasteiger partial charge is 0.372 e. The zero-order chi connectivity index (χ0) is 94.9. The van der Waals surface area contributed by atoms with Gasteiger partial charge in [-0.3, -0.25) is 0 Å². The third kappa shape index (κ3) is 51.6. The van der Waals surface area contributed by atoms with E-state index < -0.39 is 101 Å². The summed E-state index contributed by atoms with van der Waals surface area (Å²) in [4.78, 5) is 0. The van der Waals surface area contributed by atoms with Gasteiger partial charge in [0.1, 0.15) is 0 Å². The normalized spacial score (nSPS) is 20.1. The van der Waals surface area contributed by atoms with Gasteiger partial charge >= 0.3 is 51.4 Å². The summed E-state index contributed by atoms with van der Waals surface area (Å²) in [6.45, 7) is 83.1. The van der Waals surface area contributed by atoms with E-state index in [4.69, 9.17) is 84.4 Å². The highest BCUT2D eigenvalue weighted by Crippen LogP contribution is 2.58. The van der Waals surface area contributed by atoms with Gasteiger partial charge in [-0.25, -0.2) is 0 Å². The number of epoxide rings is 1. The van der Waals surface area contributed by atoms with E-state index in [1.165, 1.54) is 80.2 Å². The third-order valence-corrected chi connectivity index (χ3v) is 82.6. The molecule has 1 saturated heterocycles. The Morgan fingerprint density at radius 3 is 1.02 bits per heavy atom. The molecule has 0 N–H and O–H groups in total. The first-order valence-corrected chi connectivity index (χ1v) is 82.1. The lowest BCUT2D eigenvalue weighted by Gasteiger charge is -2.42. The van der Waals surface area contributed by atoms with Crippen molar-refractivity contribution < 1.29 is 84.4 Å². The first-order valence-electron chi connectivity index (χ1n) is 50.8. The molecule has 1 aromatic rings. The Labute approximate surface area is 880 Å². The molecular formula is C108H242O19Si12. The molecule has 5 fully saturated rings. The van der Waals surface area contributed by atoms with Crippen molar-refractivity contribution in [3.8, 4) is 0 Å². The lowest BCUT2D eigenvalue weighted by molar-refractivity contribution is 0.163. The molecule has 8 aliphatic rings. The van der Waals surface area contributed by atoms with Crippen LogP contribution in [0.4, 0.5) is 0 Å². The molecule has 139 heavy (non-hydrogen) atoms. The first kappa shape index (κ1) is 156. The quantitative estimate of drug-likeness (QED) is 0.0341. The minimum absolute atomic E-state index is 0. The van der Waals surface area contributed by atoms with Gasteiger partial charge in [0.15, 0.2) is 49.9 Å². The van der Waals surface area contributed by atoms with Crippen molar-refractivity contribution in [1.82, 2.24) is 0 Å². The van der Waals surface area contributed by atoms with Gasteiger partial charge in [-0.1, -0.05) is 200 Å². The van der Waals surface area contributed by atoms with Gasteiger partial charge in [-0.2, -0.15) is 0 Å². The maximum absolute atomic E-state index is 6.46. The molecule has 1 heterocycles. The number of rotatable bonds is 57. The second kappa shape index (κ2) is 77.1. The van der Waals surface area contributed by atoms with Crippen LogP contribution in [0.5, 0.6) is 0 Å². The monoisotopic (exact) mass is 2180 g/mol. The van der Waals surface area contributed by atoms with Crippen molar-refractivity contribution in [2.45, 2.75) is 452 Å². The van der Waals surface area contributed by atoms with Gasteiger partial charge in [0, 0.05) is 170 Å². The van der Waals surface area contributed by atoms with Crippen LogP contribution in [-0.4, -0.2) is 232 Å². The van der Waals surface area contributed by atoms with Crippen LogP contribution in [0.2, 0.25) is 135 Å². The van der Waals surface area contributed by atoms with Crippen molar-refractivity contribution in [2.24, 2.45) is 35.5 Å². The Hall–Kier alpha value is -0.237. The molecule has 836 valence electrons. The molecule has 4 bridgehead atoms. The third-order valence-electron chi connectivity index (χ3n) is 26.0. The molecular weight excluding hydrogens is 1940 g/mol. The maximum atomic E-state index is 6.46. The summed E-state index contributed by atoms with van der Waals surface area (Å²) in [7, 11) is -24.0. The fourth-order valence-electron chi connectivity index (χ4n) is 21.9. The van der Waals surface area contributed by atoms with E-state index in [0.717, 1.165) is 156 Å². The molecule has 0 radical (unpaired) electrons. The summed E-state index contributed by atoms with van der Waals surface area (Å²) in [5.74, 6) is 4.69. The zero-order valence-corrected chi connectivity index (χ0v) is 99.3. The Morgan fingerprint density at radius 2 is 0.683 bits per heavy atom. The van der Waals surface area contributed by atoms with Crippen LogP contribution in [0, 0.1) is 35.5 Å². The number of benzene rings is 1.